The SMILES string of the molecule is CC(C)OC1Sc2c([C@@H](O)CO)cccc2N1OC(C)(C)C. The molecule has 6 heteroatoms. The number of hydrogen-bond donors (Lipinski definition) is 2. The molecule has 124 valence electrons. The molecule has 1 aliphatic heterocycles. The lowest BCUT2D eigenvalue weighted by molar-refractivity contribution is -0.0772. The second kappa shape index (κ2) is 6.76. The van der Waals surface area contributed by atoms with Gasteiger partial charge in [-0.25, -0.2) is 5.06 Å². The molecule has 0 saturated heterocycles. The number of hydroxylamine groups is 1. The van der Waals surface area contributed by atoms with Crippen LogP contribution in [0.15, 0.2) is 23.1 Å². The van der Waals surface area contributed by atoms with Gasteiger partial charge in [0.2, 0.25) is 5.56 Å². The number of aliphatic hydroxyl groups is 2. The lowest BCUT2D eigenvalue weighted by Crippen LogP contribution is -2.39. The number of ether oxygens (including phenoxy) is 1. The number of aliphatic hydroxyl groups excluding tert-OH is 2. The first-order valence-corrected chi connectivity index (χ1v) is 8.33. The second-order valence-corrected chi connectivity index (χ2v) is 7.58. The minimum Gasteiger partial charge on any atom is -0.393 e. The maximum Gasteiger partial charge on any atom is 0.207 e. The molecule has 0 radical (unpaired) electrons. The summed E-state index contributed by atoms with van der Waals surface area (Å²) in [5.41, 5.74) is 0.867. The molecule has 0 aliphatic carbocycles. The second-order valence-electron chi connectivity index (χ2n) is 6.53. The van der Waals surface area contributed by atoms with Gasteiger partial charge in [0.05, 0.1) is 24.0 Å². The fourth-order valence-corrected chi connectivity index (χ4v) is 3.52. The lowest BCUT2D eigenvalue weighted by atomic mass is 10.1. The van der Waals surface area contributed by atoms with Crippen molar-refractivity contribution in [2.75, 3.05) is 11.7 Å². The van der Waals surface area contributed by atoms with E-state index >= 15 is 0 Å². The number of thioether (sulfide) groups is 1. The summed E-state index contributed by atoms with van der Waals surface area (Å²) in [7, 11) is 0. The average molecular weight is 327 g/mol. The fraction of sp³-hybridized carbons (Fsp3) is 0.625. The average Bonchev–Trinajstić information content (AvgIpc) is 2.73. The smallest absolute Gasteiger partial charge is 0.207 e. The van der Waals surface area contributed by atoms with E-state index in [9.17, 15) is 10.2 Å². The molecule has 5 nitrogen and oxygen atoms in total. The Morgan fingerprint density at radius 3 is 2.55 bits per heavy atom. The standard InChI is InChI=1S/C16H25NO4S/c1-10(2)20-15-17(21-16(3,4)5)12-8-6-7-11(13(19)9-18)14(12)22-15/h6-8,10,13,15,18-19H,9H2,1-5H3/t13-,15?/m0/s1. The topological polar surface area (TPSA) is 62.2 Å². The summed E-state index contributed by atoms with van der Waals surface area (Å²) in [5.74, 6) is 0. The Bertz CT molecular complexity index is 515. The van der Waals surface area contributed by atoms with Crippen molar-refractivity contribution in [2.45, 2.75) is 62.9 Å². The number of benzene rings is 1. The van der Waals surface area contributed by atoms with Crippen LogP contribution in [0.25, 0.3) is 0 Å². The minimum atomic E-state index is -0.906. The third-order valence-corrected chi connectivity index (χ3v) is 4.15. The van der Waals surface area contributed by atoms with E-state index in [-0.39, 0.29) is 23.9 Å². The summed E-state index contributed by atoms with van der Waals surface area (Å²) in [5, 5.41) is 21.0. The van der Waals surface area contributed by atoms with Crippen LogP contribution in [0.3, 0.4) is 0 Å². The largest absolute Gasteiger partial charge is 0.393 e. The molecule has 0 fully saturated rings. The van der Waals surface area contributed by atoms with Gasteiger partial charge in [0.1, 0.15) is 6.10 Å². The van der Waals surface area contributed by atoms with Crippen molar-refractivity contribution >= 4 is 17.4 Å². The van der Waals surface area contributed by atoms with Crippen molar-refractivity contribution in [1.82, 2.24) is 0 Å². The molecule has 2 N–H and O–H groups in total. The van der Waals surface area contributed by atoms with Gasteiger partial charge in [-0.3, -0.25) is 4.84 Å². The number of nitrogens with zero attached hydrogens (tertiary/aromatic N) is 1. The van der Waals surface area contributed by atoms with E-state index in [0.29, 0.717) is 5.56 Å². The zero-order valence-electron chi connectivity index (χ0n) is 13.7. The van der Waals surface area contributed by atoms with E-state index in [1.165, 1.54) is 11.8 Å². The van der Waals surface area contributed by atoms with E-state index < -0.39 is 6.10 Å². The third-order valence-electron chi connectivity index (χ3n) is 2.97. The molecule has 1 heterocycles. The molecular formula is C16H25NO4S. The normalized spacial score (nSPS) is 19.6. The zero-order chi connectivity index (χ0) is 16.5. The van der Waals surface area contributed by atoms with E-state index in [1.54, 1.807) is 5.06 Å². The number of anilines is 1. The van der Waals surface area contributed by atoms with Gasteiger partial charge in [-0.05, 0) is 46.2 Å². The quantitative estimate of drug-likeness (QED) is 0.867. The monoisotopic (exact) mass is 327 g/mol. The molecule has 0 aromatic heterocycles. The molecule has 22 heavy (non-hydrogen) atoms. The van der Waals surface area contributed by atoms with Crippen LogP contribution in [-0.2, 0) is 9.57 Å². The van der Waals surface area contributed by atoms with Gasteiger partial charge in [-0.15, -0.1) is 0 Å². The van der Waals surface area contributed by atoms with Crippen LogP contribution in [0.4, 0.5) is 5.69 Å². The molecule has 2 atom stereocenters. The van der Waals surface area contributed by atoms with E-state index in [2.05, 4.69) is 0 Å². The highest BCUT2D eigenvalue weighted by Gasteiger charge is 2.37. The van der Waals surface area contributed by atoms with Crippen LogP contribution < -0.4 is 5.06 Å². The van der Waals surface area contributed by atoms with Crippen molar-refractivity contribution in [3.8, 4) is 0 Å². The van der Waals surface area contributed by atoms with E-state index in [4.69, 9.17) is 9.57 Å². The van der Waals surface area contributed by atoms with Crippen LogP contribution in [0.1, 0.15) is 46.3 Å². The van der Waals surface area contributed by atoms with Crippen molar-refractivity contribution in [2.24, 2.45) is 0 Å². The maximum atomic E-state index is 10.0. The molecule has 0 saturated carbocycles. The van der Waals surface area contributed by atoms with Gasteiger partial charge >= 0.3 is 0 Å². The Labute approximate surface area is 136 Å². The third kappa shape index (κ3) is 3.94. The van der Waals surface area contributed by atoms with Crippen LogP contribution in [0, 0.1) is 0 Å². The van der Waals surface area contributed by atoms with Gasteiger partial charge < -0.3 is 14.9 Å². The molecule has 1 unspecified atom stereocenters. The van der Waals surface area contributed by atoms with E-state index in [0.717, 1.165) is 10.6 Å². The van der Waals surface area contributed by atoms with Crippen molar-refractivity contribution < 1.29 is 19.8 Å². The summed E-state index contributed by atoms with van der Waals surface area (Å²) in [4.78, 5) is 6.94. The Morgan fingerprint density at radius 2 is 2.00 bits per heavy atom. The summed E-state index contributed by atoms with van der Waals surface area (Å²) in [6, 6.07) is 5.61. The highest BCUT2D eigenvalue weighted by molar-refractivity contribution is 8.00. The van der Waals surface area contributed by atoms with Crippen molar-refractivity contribution in [3.63, 3.8) is 0 Å². The fourth-order valence-electron chi connectivity index (χ4n) is 2.17. The lowest BCUT2D eigenvalue weighted by Gasteiger charge is -2.32. The Morgan fingerprint density at radius 1 is 1.32 bits per heavy atom. The highest BCUT2D eigenvalue weighted by atomic mass is 32.2. The number of fused-ring (bicyclic) bond motifs is 1. The van der Waals surface area contributed by atoms with Crippen LogP contribution in [0.5, 0.6) is 0 Å². The first-order valence-electron chi connectivity index (χ1n) is 7.45. The maximum absolute atomic E-state index is 10.0. The first-order chi connectivity index (χ1) is 10.2. The minimum absolute atomic E-state index is 0.0455. The van der Waals surface area contributed by atoms with E-state index in [1.807, 2.05) is 52.8 Å². The Balaban J connectivity index is 2.38. The molecule has 1 aromatic carbocycles. The highest BCUT2D eigenvalue weighted by Crippen LogP contribution is 2.48. The summed E-state index contributed by atoms with van der Waals surface area (Å²) in [6.07, 6.45) is -0.860. The molecule has 1 aromatic rings. The molecule has 0 bridgehead atoms. The van der Waals surface area contributed by atoms with Crippen LogP contribution in [-0.4, -0.2) is 34.1 Å². The molecule has 0 amide bonds. The first kappa shape index (κ1) is 17.6. The molecule has 0 spiro atoms. The van der Waals surface area contributed by atoms with Gasteiger partial charge in [-0.2, -0.15) is 0 Å². The van der Waals surface area contributed by atoms with Gasteiger partial charge in [-0.1, -0.05) is 23.9 Å². The molecule has 2 rings (SSSR count). The zero-order valence-corrected chi connectivity index (χ0v) is 14.6. The van der Waals surface area contributed by atoms with Gasteiger partial charge in [0, 0.05) is 4.90 Å². The summed E-state index contributed by atoms with van der Waals surface area (Å²) >= 11 is 1.49. The molecular weight excluding hydrogens is 302 g/mol. The number of hydrogen-bond acceptors (Lipinski definition) is 6. The summed E-state index contributed by atoms with van der Waals surface area (Å²) in [6.45, 7) is 9.58. The molecule has 1 aliphatic rings. The Kier molecular flexibility index (Phi) is 5.40. The summed E-state index contributed by atoms with van der Waals surface area (Å²) < 4.78 is 5.94. The van der Waals surface area contributed by atoms with Crippen molar-refractivity contribution in [3.05, 3.63) is 23.8 Å². The van der Waals surface area contributed by atoms with Crippen LogP contribution in [0.2, 0.25) is 0 Å². The van der Waals surface area contributed by atoms with Crippen LogP contribution >= 0.6 is 11.8 Å². The predicted molar refractivity (Wildman–Crippen MR) is 87.7 cm³/mol. The van der Waals surface area contributed by atoms with Crippen molar-refractivity contribution in [1.29, 1.82) is 0 Å². The van der Waals surface area contributed by atoms with Gasteiger partial charge in [0.25, 0.3) is 0 Å². The number of rotatable bonds is 5. The Hall–Kier alpha value is -0.790. The predicted octanol–water partition coefficient (Wildman–Crippen LogP) is 3.06. The van der Waals surface area contributed by atoms with Gasteiger partial charge in [0.15, 0.2) is 0 Å².